The summed E-state index contributed by atoms with van der Waals surface area (Å²) >= 11 is 1.51. The second kappa shape index (κ2) is 7.40. The summed E-state index contributed by atoms with van der Waals surface area (Å²) < 4.78 is 6.53. The zero-order chi connectivity index (χ0) is 18.8. The molecule has 0 radical (unpaired) electrons. The maximum atomic E-state index is 10.4. The quantitative estimate of drug-likeness (QED) is 0.662. The SMILES string of the molecule is CCOc1ccc(CCN2CC(O)=C(c3nc4ccccc4s3)C2=N)cc1. The second-order valence-corrected chi connectivity index (χ2v) is 7.44. The van der Waals surface area contributed by atoms with Gasteiger partial charge in [-0.25, -0.2) is 4.98 Å². The Balaban J connectivity index is 1.45. The van der Waals surface area contributed by atoms with Crippen molar-refractivity contribution in [2.75, 3.05) is 19.7 Å². The lowest BCUT2D eigenvalue weighted by Gasteiger charge is -2.18. The van der Waals surface area contributed by atoms with Gasteiger partial charge in [0.15, 0.2) is 0 Å². The molecule has 5 nitrogen and oxygen atoms in total. The molecule has 2 aromatic carbocycles. The Morgan fingerprint density at radius 3 is 2.70 bits per heavy atom. The number of fused-ring (bicyclic) bond motifs is 1. The lowest BCUT2D eigenvalue weighted by Crippen LogP contribution is -2.28. The number of aliphatic hydroxyl groups is 1. The van der Waals surface area contributed by atoms with E-state index < -0.39 is 0 Å². The molecule has 0 spiro atoms. The van der Waals surface area contributed by atoms with E-state index in [1.165, 1.54) is 16.9 Å². The summed E-state index contributed by atoms with van der Waals surface area (Å²) in [7, 11) is 0. The van der Waals surface area contributed by atoms with Crippen LogP contribution in [-0.2, 0) is 6.42 Å². The Bertz CT molecular complexity index is 975. The Morgan fingerprint density at radius 2 is 1.96 bits per heavy atom. The van der Waals surface area contributed by atoms with Crippen LogP contribution in [0.3, 0.4) is 0 Å². The summed E-state index contributed by atoms with van der Waals surface area (Å²) in [6, 6.07) is 15.9. The van der Waals surface area contributed by atoms with Crippen molar-refractivity contribution in [3.05, 3.63) is 64.9 Å². The van der Waals surface area contributed by atoms with Gasteiger partial charge in [-0.2, -0.15) is 0 Å². The molecule has 0 saturated carbocycles. The lowest BCUT2D eigenvalue weighted by molar-refractivity contribution is 0.340. The van der Waals surface area contributed by atoms with Crippen molar-refractivity contribution >= 4 is 33.0 Å². The number of hydrogen-bond acceptors (Lipinski definition) is 5. The molecule has 0 aliphatic carbocycles. The first-order valence-electron chi connectivity index (χ1n) is 8.99. The zero-order valence-electron chi connectivity index (χ0n) is 15.1. The van der Waals surface area contributed by atoms with Gasteiger partial charge in [-0.15, -0.1) is 11.3 Å². The van der Waals surface area contributed by atoms with Gasteiger partial charge >= 0.3 is 0 Å². The molecule has 0 saturated heterocycles. The summed E-state index contributed by atoms with van der Waals surface area (Å²) in [4.78, 5) is 6.49. The molecular formula is C21H21N3O2S. The normalized spacial score (nSPS) is 14.4. The van der Waals surface area contributed by atoms with Crippen LogP contribution in [0.5, 0.6) is 5.75 Å². The summed E-state index contributed by atoms with van der Waals surface area (Å²) in [5.41, 5.74) is 2.64. The first-order chi connectivity index (χ1) is 13.2. The predicted molar refractivity (Wildman–Crippen MR) is 110 cm³/mol. The smallest absolute Gasteiger partial charge is 0.135 e. The average Bonchev–Trinajstić information content (AvgIpc) is 3.21. The minimum atomic E-state index is 0.228. The summed E-state index contributed by atoms with van der Waals surface area (Å²) in [6.07, 6.45) is 0.801. The van der Waals surface area contributed by atoms with E-state index in [0.29, 0.717) is 36.1 Å². The number of ether oxygens (including phenoxy) is 1. The number of nitrogens with zero attached hydrogens (tertiary/aromatic N) is 2. The highest BCUT2D eigenvalue weighted by Gasteiger charge is 2.30. The van der Waals surface area contributed by atoms with Crippen molar-refractivity contribution in [1.29, 1.82) is 5.41 Å². The average molecular weight is 379 g/mol. The number of thiazole rings is 1. The number of aromatic nitrogens is 1. The Kier molecular flexibility index (Phi) is 4.81. The zero-order valence-corrected chi connectivity index (χ0v) is 15.9. The van der Waals surface area contributed by atoms with Crippen LogP contribution in [-0.4, -0.2) is 40.5 Å². The third kappa shape index (κ3) is 3.53. The van der Waals surface area contributed by atoms with Gasteiger partial charge < -0.3 is 14.7 Å². The monoisotopic (exact) mass is 379 g/mol. The van der Waals surface area contributed by atoms with E-state index in [2.05, 4.69) is 4.98 Å². The molecule has 1 aliphatic rings. The number of hydrogen-bond donors (Lipinski definition) is 2. The lowest BCUT2D eigenvalue weighted by atomic mass is 10.1. The molecule has 3 aromatic rings. The van der Waals surface area contributed by atoms with Gasteiger partial charge in [-0.3, -0.25) is 5.41 Å². The minimum absolute atomic E-state index is 0.228. The van der Waals surface area contributed by atoms with Gasteiger partial charge in [0.2, 0.25) is 0 Å². The Hall–Kier alpha value is -2.86. The van der Waals surface area contributed by atoms with Crippen molar-refractivity contribution in [2.45, 2.75) is 13.3 Å². The molecule has 0 unspecified atom stereocenters. The van der Waals surface area contributed by atoms with Gasteiger partial charge in [0.05, 0.1) is 28.9 Å². The summed E-state index contributed by atoms with van der Waals surface area (Å²) in [5.74, 6) is 1.44. The Labute approximate surface area is 162 Å². The van der Waals surface area contributed by atoms with Crippen molar-refractivity contribution in [3.8, 4) is 5.75 Å². The van der Waals surface area contributed by atoms with Crippen LogP contribution in [0.2, 0.25) is 0 Å². The molecule has 2 heterocycles. The van der Waals surface area contributed by atoms with Gasteiger partial charge in [-0.05, 0) is 43.2 Å². The predicted octanol–water partition coefficient (Wildman–Crippen LogP) is 4.50. The number of benzene rings is 2. The molecule has 1 aliphatic heterocycles. The molecule has 0 amide bonds. The van der Waals surface area contributed by atoms with Crippen LogP contribution in [0.4, 0.5) is 0 Å². The van der Waals surface area contributed by atoms with E-state index in [4.69, 9.17) is 10.1 Å². The number of rotatable bonds is 6. The van der Waals surface area contributed by atoms with E-state index in [9.17, 15) is 5.11 Å². The van der Waals surface area contributed by atoms with Gasteiger partial charge in [0.1, 0.15) is 22.4 Å². The van der Waals surface area contributed by atoms with Gasteiger partial charge in [0.25, 0.3) is 0 Å². The molecule has 6 heteroatoms. The first kappa shape index (κ1) is 17.5. The van der Waals surface area contributed by atoms with Crippen molar-refractivity contribution in [3.63, 3.8) is 0 Å². The molecule has 138 valence electrons. The fraction of sp³-hybridized carbons (Fsp3) is 0.238. The molecule has 0 atom stereocenters. The molecular weight excluding hydrogens is 358 g/mol. The van der Waals surface area contributed by atoms with E-state index in [1.807, 2.05) is 60.4 Å². The van der Waals surface area contributed by atoms with Gasteiger partial charge in [0, 0.05) is 6.54 Å². The van der Waals surface area contributed by atoms with E-state index in [1.54, 1.807) is 0 Å². The molecule has 27 heavy (non-hydrogen) atoms. The highest BCUT2D eigenvalue weighted by Crippen LogP contribution is 2.33. The number of para-hydroxylation sites is 1. The summed E-state index contributed by atoms with van der Waals surface area (Å²) in [5, 5.41) is 19.7. The van der Waals surface area contributed by atoms with Crippen LogP contribution < -0.4 is 4.74 Å². The van der Waals surface area contributed by atoms with Crippen LogP contribution in [0.1, 0.15) is 17.5 Å². The largest absolute Gasteiger partial charge is 0.510 e. The molecule has 0 fully saturated rings. The summed E-state index contributed by atoms with van der Waals surface area (Å²) in [6.45, 7) is 3.66. The van der Waals surface area contributed by atoms with E-state index >= 15 is 0 Å². The fourth-order valence-corrected chi connectivity index (χ4v) is 4.25. The number of aliphatic hydroxyl groups excluding tert-OH is 1. The minimum Gasteiger partial charge on any atom is -0.510 e. The third-order valence-electron chi connectivity index (χ3n) is 4.59. The van der Waals surface area contributed by atoms with Crippen LogP contribution in [0.25, 0.3) is 15.8 Å². The highest BCUT2D eigenvalue weighted by atomic mass is 32.1. The maximum Gasteiger partial charge on any atom is 0.135 e. The molecule has 4 rings (SSSR count). The van der Waals surface area contributed by atoms with E-state index in [-0.39, 0.29) is 5.76 Å². The van der Waals surface area contributed by atoms with Crippen LogP contribution in [0.15, 0.2) is 54.3 Å². The topological polar surface area (TPSA) is 69.4 Å². The van der Waals surface area contributed by atoms with Crippen LogP contribution >= 0.6 is 11.3 Å². The number of amidine groups is 1. The van der Waals surface area contributed by atoms with Crippen LogP contribution in [0, 0.1) is 5.41 Å². The fourth-order valence-electron chi connectivity index (χ4n) is 3.21. The first-order valence-corrected chi connectivity index (χ1v) is 9.81. The van der Waals surface area contributed by atoms with Crippen molar-refractivity contribution < 1.29 is 9.84 Å². The molecule has 1 aromatic heterocycles. The Morgan fingerprint density at radius 1 is 1.19 bits per heavy atom. The van der Waals surface area contributed by atoms with Gasteiger partial charge in [-0.1, -0.05) is 24.3 Å². The highest BCUT2D eigenvalue weighted by molar-refractivity contribution is 7.19. The standard InChI is InChI=1S/C21H21N3O2S/c1-2-26-15-9-7-14(8-10-15)11-12-24-13-17(25)19(20(24)22)21-23-16-5-3-4-6-18(16)27-21/h3-10,22,25H,2,11-13H2,1H3. The second-order valence-electron chi connectivity index (χ2n) is 6.41. The number of nitrogens with one attached hydrogen (secondary N) is 1. The van der Waals surface area contributed by atoms with Crippen molar-refractivity contribution in [2.24, 2.45) is 0 Å². The molecule has 2 N–H and O–H groups in total. The van der Waals surface area contributed by atoms with Crippen molar-refractivity contribution in [1.82, 2.24) is 9.88 Å². The van der Waals surface area contributed by atoms with E-state index in [0.717, 1.165) is 22.4 Å². The molecule has 0 bridgehead atoms. The maximum absolute atomic E-state index is 10.4. The third-order valence-corrected chi connectivity index (χ3v) is 5.65.